The maximum Gasteiger partial charge on any atom is 0.240 e. The molecule has 2 amide bonds. The summed E-state index contributed by atoms with van der Waals surface area (Å²) in [6.07, 6.45) is 3.82. The molecule has 3 aliphatic heterocycles. The second-order valence-electron chi connectivity index (χ2n) is 7.29. The molecule has 3 aliphatic rings. The summed E-state index contributed by atoms with van der Waals surface area (Å²) in [4.78, 5) is 42.3. The van der Waals surface area contributed by atoms with Crippen molar-refractivity contribution in [2.75, 3.05) is 4.90 Å². The first-order valence-electron chi connectivity index (χ1n) is 9.07. The zero-order valence-electron chi connectivity index (χ0n) is 14.8. The zero-order valence-corrected chi connectivity index (χ0v) is 14.8. The Kier molecular flexibility index (Phi) is 3.34. The summed E-state index contributed by atoms with van der Waals surface area (Å²) in [5, 5.41) is 0. The van der Waals surface area contributed by atoms with Crippen LogP contribution in [0.4, 0.5) is 5.69 Å². The lowest BCUT2D eigenvalue weighted by Crippen LogP contribution is -2.43. The zero-order chi connectivity index (χ0) is 18.7. The Labute approximate surface area is 156 Å². The molecule has 4 atom stereocenters. The van der Waals surface area contributed by atoms with Gasteiger partial charge < -0.3 is 4.90 Å². The van der Waals surface area contributed by atoms with Crippen molar-refractivity contribution in [1.29, 1.82) is 0 Å². The van der Waals surface area contributed by atoms with Crippen LogP contribution in [0.1, 0.15) is 24.1 Å². The van der Waals surface area contributed by atoms with E-state index in [1.54, 1.807) is 24.3 Å². The SMILES string of the molecule is CC(=O)[C@H]1[C@@H]2C(=O)N(c3ccccc3)C(=O)[C@@H]2[C@H]2c3ccccc3C=CN21. The average molecular weight is 358 g/mol. The predicted octanol–water partition coefficient (Wildman–Crippen LogP) is 2.79. The molecule has 5 heteroatoms. The first kappa shape index (κ1) is 16.0. The van der Waals surface area contributed by atoms with Gasteiger partial charge in [-0.2, -0.15) is 0 Å². The van der Waals surface area contributed by atoms with Gasteiger partial charge in [0.1, 0.15) is 0 Å². The second-order valence-corrected chi connectivity index (χ2v) is 7.29. The van der Waals surface area contributed by atoms with Crippen molar-refractivity contribution in [2.24, 2.45) is 11.8 Å². The van der Waals surface area contributed by atoms with Gasteiger partial charge in [-0.05, 0) is 36.3 Å². The predicted molar refractivity (Wildman–Crippen MR) is 100 cm³/mol. The van der Waals surface area contributed by atoms with Crippen molar-refractivity contribution in [3.05, 3.63) is 71.9 Å². The van der Waals surface area contributed by atoms with E-state index >= 15 is 0 Å². The average Bonchev–Trinajstić information content (AvgIpc) is 3.16. The van der Waals surface area contributed by atoms with Gasteiger partial charge in [-0.3, -0.25) is 14.4 Å². The van der Waals surface area contributed by atoms with Gasteiger partial charge in [-0.1, -0.05) is 42.5 Å². The number of nitrogens with zero attached hydrogens (tertiary/aromatic N) is 2. The smallest absolute Gasteiger partial charge is 0.240 e. The Hall–Kier alpha value is -3.21. The summed E-state index contributed by atoms with van der Waals surface area (Å²) in [5.41, 5.74) is 2.59. The van der Waals surface area contributed by atoms with E-state index in [2.05, 4.69) is 0 Å². The minimum absolute atomic E-state index is 0.0902. The number of fused-ring (bicyclic) bond motifs is 5. The molecule has 0 aromatic heterocycles. The molecular formula is C22H18N2O3. The fourth-order valence-corrected chi connectivity index (χ4v) is 4.85. The highest BCUT2D eigenvalue weighted by molar-refractivity contribution is 6.24. The van der Waals surface area contributed by atoms with E-state index in [0.29, 0.717) is 5.69 Å². The summed E-state index contributed by atoms with van der Waals surface area (Å²) in [5.74, 6) is -1.81. The molecule has 0 aliphatic carbocycles. The van der Waals surface area contributed by atoms with Crippen LogP contribution in [0.15, 0.2) is 60.8 Å². The molecule has 5 rings (SSSR count). The molecule has 0 spiro atoms. The van der Waals surface area contributed by atoms with Crippen molar-refractivity contribution in [3.63, 3.8) is 0 Å². The highest BCUT2D eigenvalue weighted by atomic mass is 16.2. The van der Waals surface area contributed by atoms with Crippen LogP contribution >= 0.6 is 0 Å². The molecule has 134 valence electrons. The van der Waals surface area contributed by atoms with Crippen molar-refractivity contribution >= 4 is 29.4 Å². The van der Waals surface area contributed by atoms with E-state index in [9.17, 15) is 14.4 Å². The monoisotopic (exact) mass is 358 g/mol. The molecule has 0 bridgehead atoms. The molecule has 5 nitrogen and oxygen atoms in total. The Morgan fingerprint density at radius 2 is 1.56 bits per heavy atom. The van der Waals surface area contributed by atoms with Gasteiger partial charge in [0.05, 0.1) is 29.6 Å². The van der Waals surface area contributed by atoms with Gasteiger partial charge in [-0.25, -0.2) is 4.90 Å². The van der Waals surface area contributed by atoms with Crippen LogP contribution in [0.25, 0.3) is 6.08 Å². The molecule has 0 radical (unpaired) electrons. The number of anilines is 1. The van der Waals surface area contributed by atoms with Gasteiger partial charge in [0, 0.05) is 6.20 Å². The normalized spacial score (nSPS) is 28.2. The van der Waals surface area contributed by atoms with E-state index in [1.807, 2.05) is 47.5 Å². The number of carbonyl (C=O) groups excluding carboxylic acids is 3. The van der Waals surface area contributed by atoms with Gasteiger partial charge in [0.2, 0.25) is 11.8 Å². The maximum absolute atomic E-state index is 13.4. The summed E-state index contributed by atoms with van der Waals surface area (Å²) in [7, 11) is 0. The highest BCUT2D eigenvalue weighted by Crippen LogP contribution is 2.53. The molecule has 2 fully saturated rings. The molecule has 0 unspecified atom stereocenters. The summed E-state index contributed by atoms with van der Waals surface area (Å²) in [6.45, 7) is 1.50. The lowest BCUT2D eigenvalue weighted by Gasteiger charge is -2.34. The molecule has 3 heterocycles. The Morgan fingerprint density at radius 3 is 2.30 bits per heavy atom. The third-order valence-electron chi connectivity index (χ3n) is 5.89. The minimum atomic E-state index is -0.656. The summed E-state index contributed by atoms with van der Waals surface area (Å²) >= 11 is 0. The van der Waals surface area contributed by atoms with Crippen LogP contribution in [0.2, 0.25) is 0 Å². The number of para-hydroxylation sites is 1. The summed E-state index contributed by atoms with van der Waals surface area (Å²) < 4.78 is 0. The quantitative estimate of drug-likeness (QED) is 0.775. The van der Waals surface area contributed by atoms with Crippen LogP contribution in [0.5, 0.6) is 0 Å². The first-order chi connectivity index (χ1) is 13.1. The topological polar surface area (TPSA) is 57.7 Å². The third kappa shape index (κ3) is 2.08. The number of Topliss-reactive ketones (excluding diaryl/α,β-unsaturated/α-hetero) is 1. The molecule has 27 heavy (non-hydrogen) atoms. The lowest BCUT2D eigenvalue weighted by atomic mass is 9.84. The lowest BCUT2D eigenvalue weighted by molar-refractivity contribution is -0.129. The second kappa shape index (κ2) is 5.64. The van der Waals surface area contributed by atoms with E-state index in [-0.39, 0.29) is 23.6 Å². The maximum atomic E-state index is 13.4. The van der Waals surface area contributed by atoms with Gasteiger partial charge in [0.15, 0.2) is 5.78 Å². The van der Waals surface area contributed by atoms with Crippen molar-refractivity contribution in [2.45, 2.75) is 19.0 Å². The number of hydrogen-bond acceptors (Lipinski definition) is 4. The molecule has 2 aromatic rings. The van der Waals surface area contributed by atoms with E-state index in [1.165, 1.54) is 11.8 Å². The van der Waals surface area contributed by atoms with Gasteiger partial charge in [0.25, 0.3) is 0 Å². The Balaban J connectivity index is 1.67. The number of imide groups is 1. The number of rotatable bonds is 2. The van der Waals surface area contributed by atoms with E-state index in [4.69, 9.17) is 0 Å². The molecule has 0 saturated carbocycles. The first-order valence-corrected chi connectivity index (χ1v) is 9.07. The van der Waals surface area contributed by atoms with Crippen LogP contribution < -0.4 is 4.90 Å². The molecular weight excluding hydrogens is 340 g/mol. The van der Waals surface area contributed by atoms with Crippen LogP contribution in [-0.2, 0) is 14.4 Å². The number of hydrogen-bond donors (Lipinski definition) is 0. The van der Waals surface area contributed by atoms with Crippen molar-refractivity contribution < 1.29 is 14.4 Å². The fraction of sp³-hybridized carbons (Fsp3) is 0.227. The van der Waals surface area contributed by atoms with Gasteiger partial charge in [-0.15, -0.1) is 0 Å². The number of amides is 2. The largest absolute Gasteiger partial charge is 0.359 e. The van der Waals surface area contributed by atoms with Crippen LogP contribution in [0, 0.1) is 11.8 Å². The van der Waals surface area contributed by atoms with Crippen LogP contribution in [0.3, 0.4) is 0 Å². The molecule has 2 aromatic carbocycles. The van der Waals surface area contributed by atoms with E-state index < -0.39 is 17.9 Å². The Morgan fingerprint density at radius 1 is 0.889 bits per heavy atom. The number of benzene rings is 2. The summed E-state index contributed by atoms with van der Waals surface area (Å²) in [6, 6.07) is 15.9. The standard InChI is InChI=1S/C22H18N2O3/c1-13(25)19-17-18(20-16-10-6-5-7-14(16)11-12-23(19)20)22(27)24(21(17)26)15-8-3-2-4-9-15/h2-12,17-20H,1H3/t17-,18+,19+,20-/m1/s1. The Bertz CT molecular complexity index is 998. The molecule has 0 N–H and O–H groups in total. The highest BCUT2D eigenvalue weighted by Gasteiger charge is 2.63. The van der Waals surface area contributed by atoms with Gasteiger partial charge >= 0.3 is 0 Å². The van der Waals surface area contributed by atoms with Crippen molar-refractivity contribution in [1.82, 2.24) is 4.90 Å². The number of carbonyl (C=O) groups is 3. The minimum Gasteiger partial charge on any atom is -0.359 e. The van der Waals surface area contributed by atoms with Crippen LogP contribution in [-0.4, -0.2) is 28.5 Å². The molecule has 2 saturated heterocycles. The third-order valence-corrected chi connectivity index (χ3v) is 5.89. The number of ketones is 1. The van der Waals surface area contributed by atoms with E-state index in [0.717, 1.165) is 11.1 Å². The fourth-order valence-electron chi connectivity index (χ4n) is 4.85. The van der Waals surface area contributed by atoms with Crippen molar-refractivity contribution in [3.8, 4) is 0 Å².